The van der Waals surface area contributed by atoms with Crippen molar-refractivity contribution in [1.29, 1.82) is 0 Å². The second-order valence-electron chi connectivity index (χ2n) is 16.7. The summed E-state index contributed by atoms with van der Waals surface area (Å²) in [5.41, 5.74) is 16.3. The van der Waals surface area contributed by atoms with Crippen molar-refractivity contribution in [3.63, 3.8) is 0 Å². The Balaban J connectivity index is 1.58. The minimum atomic E-state index is -5.16. The van der Waals surface area contributed by atoms with Gasteiger partial charge in [0, 0.05) is 0 Å². The van der Waals surface area contributed by atoms with Crippen molar-refractivity contribution in [2.45, 2.75) is 66.6 Å². The van der Waals surface area contributed by atoms with Crippen LogP contribution in [0.15, 0.2) is 84.9 Å². The number of hydrogen-bond donors (Lipinski definition) is 0. The predicted molar refractivity (Wildman–Crippen MR) is 186 cm³/mol. The van der Waals surface area contributed by atoms with E-state index in [9.17, 15) is 0 Å². The Labute approximate surface area is 248 Å². The molecule has 4 aromatic rings. The van der Waals surface area contributed by atoms with Crippen LogP contribution < -0.4 is 0 Å². The summed E-state index contributed by atoms with van der Waals surface area (Å²) in [6.45, 7) is 13.7. The molecule has 42 heavy (non-hydrogen) atoms. The van der Waals surface area contributed by atoms with Crippen molar-refractivity contribution in [2.75, 3.05) is 0 Å². The van der Waals surface area contributed by atoms with E-state index in [1.165, 1.54) is 66.8 Å². The molecule has 0 saturated heterocycles. The number of rotatable bonds is 6. The number of benzene rings is 4. The molecule has 1 heteroatoms. The summed E-state index contributed by atoms with van der Waals surface area (Å²) < 4.78 is 14.0. The molecule has 0 bridgehead atoms. The molecule has 0 heterocycles. The van der Waals surface area contributed by atoms with E-state index in [4.69, 9.17) is 4.26 Å². The number of allylic oxidation sites excluding steroid dienone is 2. The first-order valence-electron chi connectivity index (χ1n) is 16.0. The van der Waals surface area contributed by atoms with E-state index in [-0.39, 0.29) is 0 Å². The monoisotopic (exact) mass is 720 g/mol. The van der Waals surface area contributed by atoms with Crippen LogP contribution in [0.1, 0.15) is 65.7 Å². The van der Waals surface area contributed by atoms with Gasteiger partial charge in [0.05, 0.1) is 0 Å². The van der Waals surface area contributed by atoms with Gasteiger partial charge in [0.1, 0.15) is 0 Å². The van der Waals surface area contributed by atoms with Gasteiger partial charge in [-0.05, 0) is 0 Å². The molecule has 0 aliphatic heterocycles. The fraction of sp³-hybridized carbons (Fsp3) is 0.293. The Hall–Kier alpha value is -2.90. The summed E-state index contributed by atoms with van der Waals surface area (Å²) in [5.74, 6) is 0. The SMILES string of the molecule is [CH2]=[Hf]([CH3])([CH3])([CH2]C)([CH2]C)([CH]1C=Cc2c(-c3cc(C)cc(C)c3)cccc21)[CH]1C=Cc2c(-c3cc(C)cc(C)c3)cccc21. The van der Waals surface area contributed by atoms with Gasteiger partial charge in [0.15, 0.2) is 0 Å². The van der Waals surface area contributed by atoms with Gasteiger partial charge in [0.2, 0.25) is 0 Å². The first-order chi connectivity index (χ1) is 19.7. The molecule has 6 rings (SSSR count). The van der Waals surface area contributed by atoms with Gasteiger partial charge in [-0.15, -0.1) is 0 Å². The van der Waals surface area contributed by atoms with Gasteiger partial charge in [-0.3, -0.25) is 0 Å². The molecule has 2 atom stereocenters. The van der Waals surface area contributed by atoms with Gasteiger partial charge >= 0.3 is 250 Å². The minimum absolute atomic E-state index is 0.315. The summed E-state index contributed by atoms with van der Waals surface area (Å²) >= 11 is -5.16. The molecule has 0 nitrogen and oxygen atoms in total. The Morgan fingerprint density at radius 2 is 0.929 bits per heavy atom. The van der Waals surface area contributed by atoms with Crippen LogP contribution >= 0.6 is 0 Å². The summed E-state index contributed by atoms with van der Waals surface area (Å²) in [6, 6.07) is 27.9. The Kier molecular flexibility index (Phi) is 5.97. The zero-order chi connectivity index (χ0) is 30.2. The standard InChI is InChI=1S/2C17H15.2C2H5.2CH3.CH2.Hf/c2*1-12-9-13(2)11-15(10-12)17-8-4-6-14-5-3-7-16(14)17;2*1-2;;;;/h2*3-11H,1-2H3;2*1H2,2H3;2*1H3;1H2;. The molecule has 4 aromatic carbocycles. The van der Waals surface area contributed by atoms with Crippen LogP contribution in [-0.2, 0) is 15.1 Å². The van der Waals surface area contributed by atoms with Crippen molar-refractivity contribution in [3.05, 3.63) is 129 Å². The van der Waals surface area contributed by atoms with Crippen LogP contribution in [0.3, 0.4) is 0 Å². The molecule has 0 N–H and O–H groups in total. The number of fused-ring (bicyclic) bond motifs is 2. The molecular weight excluding hydrogens is 671 g/mol. The predicted octanol–water partition coefficient (Wildman–Crippen LogP) is 12.3. The van der Waals surface area contributed by atoms with E-state index in [2.05, 4.69) is 148 Å². The van der Waals surface area contributed by atoms with Gasteiger partial charge in [-0.2, -0.15) is 0 Å². The molecule has 2 aliphatic carbocycles. The zero-order valence-corrected chi connectivity index (χ0v) is 30.6. The normalized spacial score (nSPS) is 20.0. The molecule has 0 aromatic heterocycles. The van der Waals surface area contributed by atoms with Crippen LogP contribution in [0.25, 0.3) is 34.4 Å². The van der Waals surface area contributed by atoms with Crippen molar-refractivity contribution in [2.24, 2.45) is 0 Å². The molecule has 0 radical (unpaired) electrons. The quantitative estimate of drug-likeness (QED) is 0.174. The molecule has 216 valence electrons. The first kappa shape index (κ1) is 29.2. The van der Waals surface area contributed by atoms with E-state index < -0.39 is 15.1 Å². The van der Waals surface area contributed by atoms with Crippen molar-refractivity contribution in [1.82, 2.24) is 0 Å². The van der Waals surface area contributed by atoms with Crippen LogP contribution in [0.2, 0.25) is 17.7 Å². The first-order valence-corrected chi connectivity index (χ1v) is 34.9. The van der Waals surface area contributed by atoms with E-state index in [0.29, 0.717) is 7.35 Å². The number of hydrogen-bond acceptors (Lipinski definition) is 0. The fourth-order valence-electron chi connectivity index (χ4n) is 9.13. The molecular formula is C41H48Hf. The van der Waals surface area contributed by atoms with Crippen LogP contribution in [0.4, 0.5) is 0 Å². The topological polar surface area (TPSA) is 0 Å². The number of aryl methyl sites for hydroxylation is 4. The van der Waals surface area contributed by atoms with Crippen molar-refractivity contribution < 1.29 is 15.1 Å². The second kappa shape index (κ2) is 8.60. The van der Waals surface area contributed by atoms with Crippen LogP contribution in [0, 0.1) is 27.7 Å². The van der Waals surface area contributed by atoms with Crippen molar-refractivity contribution >= 4 is 16.4 Å². The van der Waals surface area contributed by atoms with Gasteiger partial charge in [-0.25, -0.2) is 0 Å². The van der Waals surface area contributed by atoms with Crippen LogP contribution in [-0.4, -0.2) is 4.26 Å². The Morgan fingerprint density at radius 3 is 1.26 bits per heavy atom. The Morgan fingerprint density at radius 1 is 0.571 bits per heavy atom. The van der Waals surface area contributed by atoms with E-state index in [1.54, 1.807) is 0 Å². The van der Waals surface area contributed by atoms with E-state index in [0.717, 1.165) is 8.35 Å². The molecule has 2 aliphatic rings. The van der Waals surface area contributed by atoms with Crippen molar-refractivity contribution in [3.8, 4) is 22.3 Å². The zero-order valence-electron chi connectivity index (χ0n) is 27.0. The third kappa shape index (κ3) is 3.92. The second-order valence-corrected chi connectivity index (χ2v) is 68.7. The maximum absolute atomic E-state index is 5.72. The maximum atomic E-state index is 5.72. The molecule has 0 saturated carbocycles. The Bertz CT molecular complexity index is 1800. The van der Waals surface area contributed by atoms with Gasteiger partial charge in [0.25, 0.3) is 0 Å². The molecule has 0 fully saturated rings. The third-order valence-electron chi connectivity index (χ3n) is 13.1. The van der Waals surface area contributed by atoms with Gasteiger partial charge < -0.3 is 0 Å². The van der Waals surface area contributed by atoms with E-state index >= 15 is 0 Å². The third-order valence-corrected chi connectivity index (χ3v) is 60.9. The molecule has 0 amide bonds. The summed E-state index contributed by atoms with van der Waals surface area (Å²) in [6.07, 6.45) is 10.0. The van der Waals surface area contributed by atoms with Gasteiger partial charge in [-0.1, -0.05) is 0 Å². The fourth-order valence-corrected chi connectivity index (χ4v) is 38.1. The van der Waals surface area contributed by atoms with Crippen LogP contribution in [0.5, 0.6) is 0 Å². The summed E-state index contributed by atoms with van der Waals surface area (Å²) in [5, 5.41) is 0. The summed E-state index contributed by atoms with van der Waals surface area (Å²) in [4.78, 5) is 0. The molecule has 0 spiro atoms. The summed E-state index contributed by atoms with van der Waals surface area (Å²) in [7, 11) is 0. The molecule has 2 unspecified atom stereocenters. The van der Waals surface area contributed by atoms with E-state index in [1.807, 2.05) is 0 Å². The average Bonchev–Trinajstić information content (AvgIpc) is 3.59. The average molecular weight is 719 g/mol.